The Morgan fingerprint density at radius 1 is 1.45 bits per heavy atom. The van der Waals surface area contributed by atoms with Crippen molar-refractivity contribution in [1.29, 1.82) is 5.26 Å². The summed E-state index contributed by atoms with van der Waals surface area (Å²) in [4.78, 5) is 24.8. The zero-order chi connectivity index (χ0) is 14.9. The second-order valence-corrected chi connectivity index (χ2v) is 4.80. The van der Waals surface area contributed by atoms with Crippen LogP contribution in [0.1, 0.15) is 18.5 Å². The van der Waals surface area contributed by atoms with Crippen molar-refractivity contribution in [2.45, 2.75) is 13.0 Å². The third kappa shape index (κ3) is 2.26. The van der Waals surface area contributed by atoms with Gasteiger partial charge in [0.25, 0.3) is 5.91 Å². The number of benzene rings is 1. The van der Waals surface area contributed by atoms with Crippen LogP contribution in [0.5, 0.6) is 0 Å². The molecular weight excluding hydrogens is 280 g/mol. The minimum Gasteiger partial charge on any atom is -0.503 e. The Kier molecular flexibility index (Phi) is 3.77. The Morgan fingerprint density at radius 2 is 2.05 bits per heavy atom. The summed E-state index contributed by atoms with van der Waals surface area (Å²) in [5, 5.41) is 19.2. The van der Waals surface area contributed by atoms with Crippen LogP contribution in [0.15, 0.2) is 35.6 Å². The lowest BCUT2D eigenvalue weighted by atomic mass is 9.97. The van der Waals surface area contributed by atoms with Crippen LogP contribution in [0.2, 0.25) is 5.02 Å². The molecule has 0 fully saturated rings. The number of hydrogen-bond acceptors (Lipinski definition) is 4. The standard InChI is InChI=1S/C14H11ClN2O3/c1-8(18)11-12(9-2-4-10(15)5-3-9)17(7-6-16)14(20)13(11)19/h2-5,12,19H,7H2,1H3. The van der Waals surface area contributed by atoms with Crippen molar-refractivity contribution >= 4 is 23.3 Å². The molecule has 1 aliphatic rings. The fraction of sp³-hybridized carbons (Fsp3) is 0.214. The van der Waals surface area contributed by atoms with Crippen molar-refractivity contribution in [3.63, 3.8) is 0 Å². The van der Waals surface area contributed by atoms with E-state index in [0.717, 1.165) is 4.90 Å². The molecule has 1 heterocycles. The van der Waals surface area contributed by atoms with E-state index in [4.69, 9.17) is 16.9 Å². The largest absolute Gasteiger partial charge is 0.503 e. The summed E-state index contributed by atoms with van der Waals surface area (Å²) >= 11 is 5.81. The molecule has 0 spiro atoms. The molecule has 6 heteroatoms. The Labute approximate surface area is 120 Å². The van der Waals surface area contributed by atoms with Crippen LogP contribution in [0, 0.1) is 11.3 Å². The zero-order valence-electron chi connectivity index (χ0n) is 10.6. The number of amides is 1. The SMILES string of the molecule is CC(=O)C1=C(O)C(=O)N(CC#N)C1c1ccc(Cl)cc1. The lowest BCUT2D eigenvalue weighted by molar-refractivity contribution is -0.128. The second-order valence-electron chi connectivity index (χ2n) is 4.36. The molecule has 0 saturated heterocycles. The molecule has 102 valence electrons. The van der Waals surface area contributed by atoms with Crippen LogP contribution in [-0.2, 0) is 9.59 Å². The topological polar surface area (TPSA) is 81.4 Å². The summed E-state index contributed by atoms with van der Waals surface area (Å²) in [6.45, 7) is 1.06. The number of ketones is 1. The molecule has 0 aromatic heterocycles. The van der Waals surface area contributed by atoms with E-state index >= 15 is 0 Å². The number of rotatable bonds is 3. The monoisotopic (exact) mass is 290 g/mol. The third-order valence-electron chi connectivity index (χ3n) is 3.11. The van der Waals surface area contributed by atoms with Gasteiger partial charge in [0.15, 0.2) is 11.5 Å². The summed E-state index contributed by atoms with van der Waals surface area (Å²) in [5.41, 5.74) is 0.625. The van der Waals surface area contributed by atoms with Crippen LogP contribution in [0.3, 0.4) is 0 Å². The average molecular weight is 291 g/mol. The molecular formula is C14H11ClN2O3. The van der Waals surface area contributed by atoms with Gasteiger partial charge in [0, 0.05) is 5.02 Å². The maximum Gasteiger partial charge on any atom is 0.290 e. The van der Waals surface area contributed by atoms with Gasteiger partial charge in [0.2, 0.25) is 0 Å². The molecule has 1 amide bonds. The van der Waals surface area contributed by atoms with Gasteiger partial charge in [-0.2, -0.15) is 5.26 Å². The highest BCUT2D eigenvalue weighted by Gasteiger charge is 2.42. The first kappa shape index (κ1) is 14.1. The van der Waals surface area contributed by atoms with Crippen molar-refractivity contribution in [3.8, 4) is 6.07 Å². The van der Waals surface area contributed by atoms with Gasteiger partial charge in [-0.25, -0.2) is 0 Å². The van der Waals surface area contributed by atoms with E-state index in [0.29, 0.717) is 10.6 Å². The molecule has 2 rings (SSSR count). The van der Waals surface area contributed by atoms with Gasteiger partial charge >= 0.3 is 0 Å². The van der Waals surface area contributed by atoms with Crippen molar-refractivity contribution in [2.75, 3.05) is 6.54 Å². The van der Waals surface area contributed by atoms with E-state index < -0.39 is 23.5 Å². The van der Waals surface area contributed by atoms with Gasteiger partial charge in [-0.3, -0.25) is 9.59 Å². The number of carbonyl (C=O) groups is 2. The molecule has 0 saturated carbocycles. The summed E-state index contributed by atoms with van der Waals surface area (Å²) < 4.78 is 0. The van der Waals surface area contributed by atoms with E-state index in [2.05, 4.69) is 0 Å². The van der Waals surface area contributed by atoms with Crippen molar-refractivity contribution in [1.82, 2.24) is 4.90 Å². The number of nitrogens with zero attached hydrogens (tertiary/aromatic N) is 2. The van der Waals surface area contributed by atoms with Gasteiger partial charge in [-0.05, 0) is 24.6 Å². The number of halogens is 1. The van der Waals surface area contributed by atoms with Crippen LogP contribution >= 0.6 is 11.6 Å². The first-order valence-electron chi connectivity index (χ1n) is 5.84. The molecule has 1 unspecified atom stereocenters. The summed E-state index contributed by atoms with van der Waals surface area (Å²) in [6, 6.07) is 7.67. The molecule has 0 aliphatic carbocycles. The van der Waals surface area contributed by atoms with Gasteiger partial charge in [0.1, 0.15) is 6.54 Å². The number of nitriles is 1. The Balaban J connectivity index is 2.54. The van der Waals surface area contributed by atoms with Gasteiger partial charge in [-0.15, -0.1) is 0 Å². The molecule has 5 nitrogen and oxygen atoms in total. The fourth-order valence-electron chi connectivity index (χ4n) is 2.24. The summed E-state index contributed by atoms with van der Waals surface area (Å²) in [7, 11) is 0. The van der Waals surface area contributed by atoms with E-state index in [1.54, 1.807) is 24.3 Å². The second kappa shape index (κ2) is 5.35. The Hall–Kier alpha value is -2.32. The Morgan fingerprint density at radius 3 is 2.55 bits per heavy atom. The van der Waals surface area contributed by atoms with Gasteiger partial charge < -0.3 is 10.0 Å². The maximum atomic E-state index is 11.9. The first-order valence-corrected chi connectivity index (χ1v) is 6.22. The number of aliphatic hydroxyl groups excluding tert-OH is 1. The van der Waals surface area contributed by atoms with Crippen LogP contribution in [0.25, 0.3) is 0 Å². The summed E-state index contributed by atoms with van der Waals surface area (Å²) in [5.74, 6) is -1.71. The molecule has 1 aliphatic heterocycles. The molecule has 1 aromatic carbocycles. The molecule has 1 atom stereocenters. The Bertz CT molecular complexity index is 643. The predicted molar refractivity (Wildman–Crippen MR) is 71.9 cm³/mol. The highest BCUT2D eigenvalue weighted by molar-refractivity contribution is 6.30. The predicted octanol–water partition coefficient (Wildman–Crippen LogP) is 2.15. The smallest absolute Gasteiger partial charge is 0.290 e. The zero-order valence-corrected chi connectivity index (χ0v) is 11.4. The molecule has 1 N–H and O–H groups in total. The third-order valence-corrected chi connectivity index (χ3v) is 3.36. The fourth-order valence-corrected chi connectivity index (χ4v) is 2.37. The van der Waals surface area contributed by atoms with E-state index in [-0.39, 0.29) is 12.1 Å². The molecule has 0 radical (unpaired) electrons. The van der Waals surface area contributed by atoms with Crippen molar-refractivity contribution in [2.24, 2.45) is 0 Å². The van der Waals surface area contributed by atoms with E-state index in [1.807, 2.05) is 6.07 Å². The minimum atomic E-state index is -0.753. The summed E-state index contributed by atoms with van der Waals surface area (Å²) in [6.07, 6.45) is 0. The normalized spacial score (nSPS) is 18.4. The number of carbonyl (C=O) groups excluding carboxylic acids is 2. The number of hydrogen-bond donors (Lipinski definition) is 1. The highest BCUT2D eigenvalue weighted by Crippen LogP contribution is 2.37. The first-order chi connectivity index (χ1) is 9.47. The lowest BCUT2D eigenvalue weighted by Crippen LogP contribution is -2.31. The van der Waals surface area contributed by atoms with E-state index in [1.165, 1.54) is 6.92 Å². The van der Waals surface area contributed by atoms with Crippen molar-refractivity contribution < 1.29 is 14.7 Å². The number of Topliss-reactive ketones (excluding diaryl/α,β-unsaturated/α-hetero) is 1. The van der Waals surface area contributed by atoms with Crippen LogP contribution < -0.4 is 0 Å². The van der Waals surface area contributed by atoms with Gasteiger partial charge in [0.05, 0.1) is 17.7 Å². The van der Waals surface area contributed by atoms with Gasteiger partial charge in [-0.1, -0.05) is 23.7 Å². The van der Waals surface area contributed by atoms with Crippen molar-refractivity contribution in [3.05, 3.63) is 46.2 Å². The van der Waals surface area contributed by atoms with E-state index in [9.17, 15) is 14.7 Å². The van der Waals surface area contributed by atoms with Crippen LogP contribution in [-0.4, -0.2) is 28.2 Å². The van der Waals surface area contributed by atoms with Crippen LogP contribution in [0.4, 0.5) is 0 Å². The lowest BCUT2D eigenvalue weighted by Gasteiger charge is -2.24. The molecule has 1 aromatic rings. The maximum absolute atomic E-state index is 11.9. The highest BCUT2D eigenvalue weighted by atomic mass is 35.5. The average Bonchev–Trinajstić information content (AvgIpc) is 2.65. The number of aliphatic hydroxyl groups is 1. The quantitative estimate of drug-likeness (QED) is 0.865. The minimum absolute atomic E-state index is 0.00701. The molecule has 0 bridgehead atoms. The molecule has 20 heavy (non-hydrogen) atoms.